The molecule has 32 heavy (non-hydrogen) atoms. The van der Waals surface area contributed by atoms with Gasteiger partial charge in [0.15, 0.2) is 5.78 Å². The molecule has 0 aliphatic rings. The van der Waals surface area contributed by atoms with E-state index in [1.807, 2.05) is 47.2 Å². The average Bonchev–Trinajstić information content (AvgIpc) is 3.32. The third-order valence-corrected chi connectivity index (χ3v) is 5.99. The number of hydrogen-bond donors (Lipinski definition) is 3. The van der Waals surface area contributed by atoms with Gasteiger partial charge in [-0.3, -0.25) is 9.59 Å². The van der Waals surface area contributed by atoms with Crippen molar-refractivity contribution in [3.63, 3.8) is 0 Å². The van der Waals surface area contributed by atoms with E-state index in [-0.39, 0.29) is 24.5 Å². The Bertz CT molecular complexity index is 993. The van der Waals surface area contributed by atoms with Crippen LogP contribution in [0.1, 0.15) is 27.9 Å². The Hall–Kier alpha value is -2.94. The number of benzene rings is 2. The van der Waals surface area contributed by atoms with Crippen LogP contribution >= 0.6 is 11.3 Å². The van der Waals surface area contributed by atoms with E-state index in [9.17, 15) is 19.6 Å². The van der Waals surface area contributed by atoms with Gasteiger partial charge in [0, 0.05) is 17.9 Å². The van der Waals surface area contributed by atoms with Crippen molar-refractivity contribution in [2.75, 3.05) is 7.11 Å². The molecule has 0 fully saturated rings. The number of methoxy groups -OCH3 is 1. The molecule has 0 aliphatic carbocycles. The largest absolute Gasteiger partial charge is 0.497 e. The van der Waals surface area contributed by atoms with Gasteiger partial charge in [-0.25, -0.2) is 0 Å². The number of amides is 1. The Morgan fingerprint density at radius 2 is 1.72 bits per heavy atom. The minimum absolute atomic E-state index is 0.000247. The van der Waals surface area contributed by atoms with Gasteiger partial charge in [-0.1, -0.05) is 30.3 Å². The quantitative estimate of drug-likeness (QED) is 0.308. The maximum absolute atomic E-state index is 13.2. The summed E-state index contributed by atoms with van der Waals surface area (Å²) < 4.78 is 5.13. The first-order valence-corrected chi connectivity index (χ1v) is 11.3. The number of hydrogen-bond acceptors (Lipinski definition) is 6. The number of thiophene rings is 1. The summed E-state index contributed by atoms with van der Waals surface area (Å²) in [6.07, 6.45) is 0.651. The van der Waals surface area contributed by atoms with Crippen molar-refractivity contribution in [3.8, 4) is 5.75 Å². The van der Waals surface area contributed by atoms with Crippen molar-refractivity contribution in [2.24, 2.45) is 5.92 Å². The predicted molar refractivity (Wildman–Crippen MR) is 126 cm³/mol. The fraction of sp³-hybridized carbons (Fsp3) is 0.250. The van der Waals surface area contributed by atoms with Gasteiger partial charge in [0.1, 0.15) is 5.75 Å². The summed E-state index contributed by atoms with van der Waals surface area (Å²) in [5.41, 5.74) is 2.32. The normalized spacial score (nSPS) is 12.6. The van der Waals surface area contributed by atoms with E-state index in [0.29, 0.717) is 17.7 Å². The van der Waals surface area contributed by atoms with E-state index in [0.717, 1.165) is 11.1 Å². The van der Waals surface area contributed by atoms with Crippen LogP contribution in [0, 0.1) is 5.92 Å². The van der Waals surface area contributed by atoms with Crippen molar-refractivity contribution < 1.29 is 24.4 Å². The van der Waals surface area contributed by atoms with Crippen molar-refractivity contribution in [1.29, 1.82) is 0 Å². The summed E-state index contributed by atoms with van der Waals surface area (Å²) in [7, 11) is -0.160. The molecule has 3 aromatic rings. The Kier molecular flexibility index (Phi) is 8.61. The molecule has 0 saturated heterocycles. The lowest BCUT2D eigenvalue weighted by molar-refractivity contribution is -0.125. The highest BCUT2D eigenvalue weighted by Crippen LogP contribution is 2.19. The first-order chi connectivity index (χ1) is 15.5. The molecular formula is C24H26BNO5S. The molecule has 0 aliphatic heterocycles. The van der Waals surface area contributed by atoms with E-state index < -0.39 is 19.0 Å². The van der Waals surface area contributed by atoms with Crippen LogP contribution in [0.15, 0.2) is 71.4 Å². The standard InChI is InChI=1S/C24H26BNO5S/c1-31-21-9-7-19(8-10-21)22(27)15-20(13-17-5-3-2-4-6-17)24(28)26-23(25(29)30)14-18-11-12-32-16-18/h2-12,16,20,23,29-30H,13-15H2,1H3,(H,26,28)/t20-,23-/m0/s1. The molecule has 0 unspecified atom stereocenters. The summed E-state index contributed by atoms with van der Waals surface area (Å²) >= 11 is 1.50. The Morgan fingerprint density at radius 3 is 2.31 bits per heavy atom. The van der Waals surface area contributed by atoms with Crippen LogP contribution in [0.2, 0.25) is 0 Å². The molecule has 1 amide bonds. The number of ketones is 1. The minimum Gasteiger partial charge on any atom is -0.497 e. The molecule has 0 saturated carbocycles. The van der Waals surface area contributed by atoms with Crippen molar-refractivity contribution >= 4 is 30.1 Å². The molecule has 0 radical (unpaired) electrons. The van der Waals surface area contributed by atoms with E-state index in [2.05, 4.69) is 5.32 Å². The molecular weight excluding hydrogens is 425 g/mol. The van der Waals surface area contributed by atoms with E-state index in [1.165, 1.54) is 11.3 Å². The van der Waals surface area contributed by atoms with Crippen molar-refractivity contribution in [3.05, 3.63) is 88.1 Å². The van der Waals surface area contributed by atoms with E-state index in [4.69, 9.17) is 4.74 Å². The van der Waals surface area contributed by atoms with E-state index in [1.54, 1.807) is 31.4 Å². The lowest BCUT2D eigenvalue weighted by Gasteiger charge is -2.22. The smallest absolute Gasteiger partial charge is 0.475 e. The fourth-order valence-corrected chi connectivity index (χ4v) is 4.15. The molecule has 3 N–H and O–H groups in total. The van der Waals surface area contributed by atoms with Crippen LogP contribution in [-0.4, -0.2) is 41.9 Å². The number of carbonyl (C=O) groups is 2. The van der Waals surface area contributed by atoms with Gasteiger partial charge in [0.2, 0.25) is 5.91 Å². The molecule has 2 atom stereocenters. The first kappa shape index (κ1) is 23.7. The zero-order valence-corrected chi connectivity index (χ0v) is 18.6. The SMILES string of the molecule is COc1ccc(C(=O)C[C@H](Cc2ccccc2)C(=O)N[C@@H](Cc2ccsc2)B(O)O)cc1. The average molecular weight is 451 g/mol. The molecule has 3 rings (SSSR count). The summed E-state index contributed by atoms with van der Waals surface area (Å²) in [5.74, 6) is -1.43. The van der Waals surface area contributed by atoms with Crippen molar-refractivity contribution in [1.82, 2.24) is 5.32 Å². The maximum Gasteiger partial charge on any atom is 0.475 e. The second-order valence-electron chi connectivity index (χ2n) is 7.61. The third-order valence-electron chi connectivity index (χ3n) is 5.26. The Balaban J connectivity index is 1.75. The van der Waals surface area contributed by atoms with Crippen LogP contribution in [-0.2, 0) is 17.6 Å². The molecule has 2 aromatic carbocycles. The molecule has 6 nitrogen and oxygen atoms in total. The van der Waals surface area contributed by atoms with Crippen LogP contribution in [0.25, 0.3) is 0 Å². The lowest BCUT2D eigenvalue weighted by Crippen LogP contribution is -2.50. The number of carbonyl (C=O) groups excluding carboxylic acids is 2. The monoisotopic (exact) mass is 451 g/mol. The molecule has 1 aromatic heterocycles. The summed E-state index contributed by atoms with van der Waals surface area (Å²) in [5, 5.41) is 26.1. The van der Waals surface area contributed by atoms with Gasteiger partial charge in [-0.2, -0.15) is 11.3 Å². The maximum atomic E-state index is 13.2. The van der Waals surface area contributed by atoms with Gasteiger partial charge < -0.3 is 20.1 Å². The highest BCUT2D eigenvalue weighted by Gasteiger charge is 2.30. The molecule has 0 spiro atoms. The molecule has 8 heteroatoms. The van der Waals surface area contributed by atoms with Gasteiger partial charge >= 0.3 is 7.12 Å². The minimum atomic E-state index is -1.71. The number of nitrogens with one attached hydrogen (secondary N) is 1. The second kappa shape index (κ2) is 11.6. The van der Waals surface area contributed by atoms with Gasteiger partial charge in [0.05, 0.1) is 13.1 Å². The van der Waals surface area contributed by atoms with Crippen LogP contribution in [0.3, 0.4) is 0 Å². The topological polar surface area (TPSA) is 95.9 Å². The van der Waals surface area contributed by atoms with Crippen LogP contribution < -0.4 is 10.1 Å². The molecule has 166 valence electrons. The lowest BCUT2D eigenvalue weighted by atomic mass is 9.75. The zero-order valence-electron chi connectivity index (χ0n) is 17.8. The number of Topliss-reactive ketones (excluding diaryl/α,β-unsaturated/α-hetero) is 1. The molecule has 0 bridgehead atoms. The summed E-state index contributed by atoms with van der Waals surface area (Å²) in [4.78, 5) is 26.1. The third kappa shape index (κ3) is 6.78. The number of rotatable bonds is 11. The second-order valence-corrected chi connectivity index (χ2v) is 8.39. The molecule has 1 heterocycles. The zero-order chi connectivity index (χ0) is 22.9. The van der Waals surface area contributed by atoms with Gasteiger partial charge in [0.25, 0.3) is 0 Å². The Morgan fingerprint density at radius 1 is 1.00 bits per heavy atom. The van der Waals surface area contributed by atoms with Crippen LogP contribution in [0.4, 0.5) is 0 Å². The fourth-order valence-electron chi connectivity index (χ4n) is 3.47. The number of ether oxygens (including phenoxy) is 1. The highest BCUT2D eigenvalue weighted by molar-refractivity contribution is 7.07. The first-order valence-electron chi connectivity index (χ1n) is 10.3. The Labute approximate surface area is 192 Å². The van der Waals surface area contributed by atoms with Crippen LogP contribution in [0.5, 0.6) is 5.75 Å². The predicted octanol–water partition coefficient (Wildman–Crippen LogP) is 2.93. The summed E-state index contributed by atoms with van der Waals surface area (Å²) in [6, 6.07) is 18.1. The highest BCUT2D eigenvalue weighted by atomic mass is 32.1. The summed E-state index contributed by atoms with van der Waals surface area (Å²) in [6.45, 7) is 0. The van der Waals surface area contributed by atoms with Gasteiger partial charge in [-0.15, -0.1) is 0 Å². The van der Waals surface area contributed by atoms with Crippen molar-refractivity contribution in [2.45, 2.75) is 25.2 Å². The van der Waals surface area contributed by atoms with Gasteiger partial charge in [-0.05, 0) is 65.1 Å². The van der Waals surface area contributed by atoms with E-state index >= 15 is 0 Å².